The zero-order valence-electron chi connectivity index (χ0n) is 11.5. The quantitative estimate of drug-likeness (QED) is 0.302. The summed E-state index contributed by atoms with van der Waals surface area (Å²) in [5, 5.41) is 0. The van der Waals surface area contributed by atoms with Crippen molar-refractivity contribution in [2.45, 2.75) is 65.2 Å². The van der Waals surface area contributed by atoms with E-state index in [0.717, 1.165) is 6.42 Å². The maximum Gasteiger partial charge on any atom is 0.330 e. The molecular weight excluding hydrogens is 212 g/mol. The number of carbonyl (C=O) groups excluding carboxylic acids is 1. The van der Waals surface area contributed by atoms with Crippen LogP contribution in [0.2, 0.25) is 0 Å². The van der Waals surface area contributed by atoms with Crippen LogP contribution in [0.25, 0.3) is 0 Å². The second kappa shape index (κ2) is 11.7. The second-order valence-electron chi connectivity index (χ2n) is 4.66. The summed E-state index contributed by atoms with van der Waals surface area (Å²) in [6.07, 6.45) is 11.4. The molecule has 1 atom stereocenters. The van der Waals surface area contributed by atoms with Crippen molar-refractivity contribution < 1.29 is 9.53 Å². The van der Waals surface area contributed by atoms with Crippen molar-refractivity contribution in [3.63, 3.8) is 0 Å². The molecule has 2 heteroatoms. The van der Waals surface area contributed by atoms with Crippen LogP contribution >= 0.6 is 0 Å². The highest BCUT2D eigenvalue weighted by atomic mass is 16.5. The lowest BCUT2D eigenvalue weighted by Crippen LogP contribution is -2.12. The van der Waals surface area contributed by atoms with E-state index in [1.807, 2.05) is 0 Å². The highest BCUT2D eigenvalue weighted by Crippen LogP contribution is 2.15. The second-order valence-corrected chi connectivity index (χ2v) is 4.66. The Hall–Kier alpha value is -0.790. The molecule has 0 N–H and O–H groups in total. The van der Waals surface area contributed by atoms with E-state index < -0.39 is 0 Å². The van der Waals surface area contributed by atoms with Gasteiger partial charge in [0.25, 0.3) is 0 Å². The lowest BCUT2D eigenvalue weighted by atomic mass is 9.99. The summed E-state index contributed by atoms with van der Waals surface area (Å²) in [4.78, 5) is 10.9. The first-order valence-corrected chi connectivity index (χ1v) is 7.03. The third kappa shape index (κ3) is 10.1. The number of ether oxygens (including phenoxy) is 1. The standard InChI is InChI=1S/C15H28O2/c1-4-7-8-9-10-11-12-14(5-2)13-17-15(16)6-3/h6,14H,3-5,7-13H2,1-2H3. The van der Waals surface area contributed by atoms with Crippen molar-refractivity contribution in [1.29, 1.82) is 0 Å². The first-order valence-electron chi connectivity index (χ1n) is 7.03. The molecule has 100 valence electrons. The number of hydrogen-bond donors (Lipinski definition) is 0. The zero-order valence-corrected chi connectivity index (χ0v) is 11.5. The summed E-state index contributed by atoms with van der Waals surface area (Å²) in [6, 6.07) is 0. The minimum Gasteiger partial charge on any atom is -0.462 e. The van der Waals surface area contributed by atoms with Crippen LogP contribution in [0.5, 0.6) is 0 Å². The summed E-state index contributed by atoms with van der Waals surface area (Å²) in [5.74, 6) is 0.219. The fourth-order valence-electron chi connectivity index (χ4n) is 1.88. The van der Waals surface area contributed by atoms with Gasteiger partial charge in [-0.15, -0.1) is 0 Å². The van der Waals surface area contributed by atoms with Gasteiger partial charge >= 0.3 is 5.97 Å². The maximum atomic E-state index is 10.9. The van der Waals surface area contributed by atoms with E-state index in [1.165, 1.54) is 51.0 Å². The average molecular weight is 240 g/mol. The molecular formula is C15H28O2. The van der Waals surface area contributed by atoms with Gasteiger partial charge in [0.15, 0.2) is 0 Å². The van der Waals surface area contributed by atoms with Gasteiger partial charge in [0, 0.05) is 6.08 Å². The molecule has 0 aromatic heterocycles. The van der Waals surface area contributed by atoms with Crippen LogP contribution in [0.3, 0.4) is 0 Å². The van der Waals surface area contributed by atoms with Crippen molar-refractivity contribution in [3.8, 4) is 0 Å². The molecule has 0 rings (SSSR count). The van der Waals surface area contributed by atoms with Crippen molar-refractivity contribution in [3.05, 3.63) is 12.7 Å². The van der Waals surface area contributed by atoms with Gasteiger partial charge in [-0.3, -0.25) is 0 Å². The van der Waals surface area contributed by atoms with Crippen LogP contribution in [-0.4, -0.2) is 12.6 Å². The van der Waals surface area contributed by atoms with Gasteiger partial charge in [0.1, 0.15) is 0 Å². The van der Waals surface area contributed by atoms with E-state index in [9.17, 15) is 4.79 Å². The molecule has 0 aromatic rings. The Morgan fingerprint density at radius 2 is 1.82 bits per heavy atom. The van der Waals surface area contributed by atoms with Crippen LogP contribution < -0.4 is 0 Å². The Kier molecular flexibility index (Phi) is 11.1. The monoisotopic (exact) mass is 240 g/mol. The van der Waals surface area contributed by atoms with Crippen LogP contribution in [0.4, 0.5) is 0 Å². The molecule has 0 amide bonds. The van der Waals surface area contributed by atoms with E-state index in [2.05, 4.69) is 20.4 Å². The first kappa shape index (κ1) is 16.2. The van der Waals surface area contributed by atoms with Gasteiger partial charge in [-0.1, -0.05) is 65.4 Å². The predicted molar refractivity (Wildman–Crippen MR) is 72.9 cm³/mol. The topological polar surface area (TPSA) is 26.3 Å². The minimum atomic E-state index is -0.300. The molecule has 0 fully saturated rings. The van der Waals surface area contributed by atoms with E-state index in [-0.39, 0.29) is 5.97 Å². The molecule has 0 aliphatic heterocycles. The van der Waals surface area contributed by atoms with Crippen molar-refractivity contribution in [2.24, 2.45) is 5.92 Å². The summed E-state index contributed by atoms with van der Waals surface area (Å²) >= 11 is 0. The third-order valence-electron chi connectivity index (χ3n) is 3.17. The smallest absolute Gasteiger partial charge is 0.330 e. The fourth-order valence-corrected chi connectivity index (χ4v) is 1.88. The van der Waals surface area contributed by atoms with E-state index in [4.69, 9.17) is 4.74 Å². The number of hydrogen-bond acceptors (Lipinski definition) is 2. The summed E-state index contributed by atoms with van der Waals surface area (Å²) in [7, 11) is 0. The number of carbonyl (C=O) groups is 1. The molecule has 0 saturated carbocycles. The Labute approximate surface area is 106 Å². The Bertz CT molecular complexity index is 199. The predicted octanol–water partition coefficient (Wildman–Crippen LogP) is 4.49. The largest absolute Gasteiger partial charge is 0.462 e. The van der Waals surface area contributed by atoms with Gasteiger partial charge in [-0.05, 0) is 12.3 Å². The van der Waals surface area contributed by atoms with Crippen molar-refractivity contribution >= 4 is 5.97 Å². The van der Waals surface area contributed by atoms with E-state index in [0.29, 0.717) is 12.5 Å². The molecule has 2 nitrogen and oxygen atoms in total. The molecule has 0 aliphatic carbocycles. The van der Waals surface area contributed by atoms with Crippen molar-refractivity contribution in [2.75, 3.05) is 6.61 Å². The molecule has 0 heterocycles. The number of rotatable bonds is 11. The zero-order chi connectivity index (χ0) is 12.9. The van der Waals surface area contributed by atoms with Gasteiger partial charge in [0.05, 0.1) is 6.61 Å². The van der Waals surface area contributed by atoms with Gasteiger partial charge in [-0.25, -0.2) is 4.79 Å². The lowest BCUT2D eigenvalue weighted by Gasteiger charge is -2.14. The van der Waals surface area contributed by atoms with E-state index >= 15 is 0 Å². The van der Waals surface area contributed by atoms with Crippen LogP contribution in [-0.2, 0) is 9.53 Å². The molecule has 0 saturated heterocycles. The van der Waals surface area contributed by atoms with E-state index in [1.54, 1.807) is 0 Å². The molecule has 1 unspecified atom stereocenters. The Morgan fingerprint density at radius 3 is 2.41 bits per heavy atom. The minimum absolute atomic E-state index is 0.300. The van der Waals surface area contributed by atoms with Crippen LogP contribution in [0, 0.1) is 5.92 Å². The summed E-state index contributed by atoms with van der Waals surface area (Å²) in [5.41, 5.74) is 0. The molecule has 0 aromatic carbocycles. The summed E-state index contributed by atoms with van der Waals surface area (Å²) < 4.78 is 5.08. The average Bonchev–Trinajstić information content (AvgIpc) is 2.36. The molecule has 0 radical (unpaired) electrons. The SMILES string of the molecule is C=CC(=O)OCC(CC)CCCCCCCC. The Morgan fingerprint density at radius 1 is 1.18 bits per heavy atom. The van der Waals surface area contributed by atoms with Crippen LogP contribution in [0.15, 0.2) is 12.7 Å². The van der Waals surface area contributed by atoms with Crippen LogP contribution in [0.1, 0.15) is 65.2 Å². The lowest BCUT2D eigenvalue weighted by molar-refractivity contribution is -0.139. The highest BCUT2D eigenvalue weighted by Gasteiger charge is 2.08. The molecule has 0 bridgehead atoms. The van der Waals surface area contributed by atoms with Crippen molar-refractivity contribution in [1.82, 2.24) is 0 Å². The first-order chi connectivity index (χ1) is 8.24. The maximum absolute atomic E-state index is 10.9. The molecule has 0 aliphatic rings. The number of unbranched alkanes of at least 4 members (excludes halogenated alkanes) is 5. The Balaban J connectivity index is 3.47. The molecule has 17 heavy (non-hydrogen) atoms. The van der Waals surface area contributed by atoms with Gasteiger partial charge in [-0.2, -0.15) is 0 Å². The summed E-state index contributed by atoms with van der Waals surface area (Å²) in [6.45, 7) is 8.34. The van der Waals surface area contributed by atoms with Gasteiger partial charge < -0.3 is 4.74 Å². The fraction of sp³-hybridized carbons (Fsp3) is 0.800. The highest BCUT2D eigenvalue weighted by molar-refractivity contribution is 5.81. The molecule has 0 spiro atoms. The number of esters is 1. The third-order valence-corrected chi connectivity index (χ3v) is 3.17. The normalized spacial score (nSPS) is 12.1. The van der Waals surface area contributed by atoms with Gasteiger partial charge in [0.2, 0.25) is 0 Å².